The van der Waals surface area contributed by atoms with Gasteiger partial charge in [0.15, 0.2) is 0 Å². The van der Waals surface area contributed by atoms with Gasteiger partial charge in [-0.25, -0.2) is 0 Å². The van der Waals surface area contributed by atoms with E-state index >= 15 is 0 Å². The highest BCUT2D eigenvalue weighted by Gasteiger charge is 2.16. The molecule has 0 N–H and O–H groups in total. The first kappa shape index (κ1) is 10.4. The maximum absolute atomic E-state index is 11.2. The molecule has 0 aromatic heterocycles. The number of hydrogen-bond donors (Lipinski definition) is 0. The number of hydrogen-bond acceptors (Lipinski definition) is 1. The molecule has 1 heteroatoms. The number of carbonyl (C=O) groups is 1. The zero-order valence-electron chi connectivity index (χ0n) is 7.76. The van der Waals surface area contributed by atoms with Crippen LogP contribution in [0, 0.1) is 11.8 Å². The van der Waals surface area contributed by atoms with E-state index in [1.165, 1.54) is 0 Å². The Bertz CT molecular complexity index is 138. The van der Waals surface area contributed by atoms with E-state index in [-0.39, 0.29) is 5.92 Å². The van der Waals surface area contributed by atoms with E-state index in [1.54, 1.807) is 0 Å². The minimum atomic E-state index is 0.193. The number of allylic oxidation sites excluding steroid dienone is 1. The molecule has 0 fully saturated rings. The fourth-order valence-electron chi connectivity index (χ4n) is 1.11. The molecule has 0 spiro atoms. The van der Waals surface area contributed by atoms with Crippen molar-refractivity contribution in [3.05, 3.63) is 12.7 Å². The summed E-state index contributed by atoms with van der Waals surface area (Å²) in [7, 11) is 0. The van der Waals surface area contributed by atoms with Crippen LogP contribution in [-0.4, -0.2) is 5.78 Å². The van der Waals surface area contributed by atoms with Crippen LogP contribution < -0.4 is 0 Å². The summed E-state index contributed by atoms with van der Waals surface area (Å²) < 4.78 is 0. The highest BCUT2D eigenvalue weighted by Crippen LogP contribution is 2.17. The number of ketones is 1. The van der Waals surface area contributed by atoms with E-state index in [4.69, 9.17) is 0 Å². The molecule has 0 aromatic carbocycles. The normalized spacial score (nSPS) is 15.5. The first-order chi connectivity index (χ1) is 5.13. The topological polar surface area (TPSA) is 17.1 Å². The standard InChI is InChI=1S/C10H18O/c1-5-7-8(3)9(4)10(11)6-2/h5,8-9H,1,6-7H2,2-4H3. The zero-order valence-corrected chi connectivity index (χ0v) is 7.76. The molecule has 0 radical (unpaired) electrons. The molecular weight excluding hydrogens is 136 g/mol. The van der Waals surface area contributed by atoms with Gasteiger partial charge in [0.2, 0.25) is 0 Å². The van der Waals surface area contributed by atoms with E-state index in [2.05, 4.69) is 13.5 Å². The first-order valence-electron chi connectivity index (χ1n) is 4.27. The summed E-state index contributed by atoms with van der Waals surface area (Å²) in [6.45, 7) is 9.67. The van der Waals surface area contributed by atoms with Crippen LogP contribution in [0.1, 0.15) is 33.6 Å². The summed E-state index contributed by atoms with van der Waals surface area (Å²) in [5.74, 6) is 0.997. The molecule has 0 heterocycles. The average molecular weight is 154 g/mol. The van der Waals surface area contributed by atoms with Crippen LogP contribution in [-0.2, 0) is 4.79 Å². The Morgan fingerprint density at radius 3 is 2.45 bits per heavy atom. The predicted molar refractivity (Wildman–Crippen MR) is 48.4 cm³/mol. The summed E-state index contributed by atoms with van der Waals surface area (Å²) >= 11 is 0. The van der Waals surface area contributed by atoms with Crippen LogP contribution in [0.2, 0.25) is 0 Å². The molecule has 0 aliphatic carbocycles. The van der Waals surface area contributed by atoms with Crippen molar-refractivity contribution in [1.29, 1.82) is 0 Å². The largest absolute Gasteiger partial charge is 0.299 e. The average Bonchev–Trinajstić information content (AvgIpc) is 2.02. The van der Waals surface area contributed by atoms with Gasteiger partial charge in [-0.3, -0.25) is 4.79 Å². The van der Waals surface area contributed by atoms with E-state index in [1.807, 2.05) is 19.9 Å². The lowest BCUT2D eigenvalue weighted by Crippen LogP contribution is -2.17. The van der Waals surface area contributed by atoms with Crippen LogP contribution in [0.4, 0.5) is 0 Å². The molecule has 64 valence electrons. The molecule has 0 aromatic rings. The summed E-state index contributed by atoms with van der Waals surface area (Å²) in [5.41, 5.74) is 0. The molecule has 0 amide bonds. The third kappa shape index (κ3) is 3.35. The predicted octanol–water partition coefficient (Wildman–Crippen LogP) is 2.81. The number of rotatable bonds is 5. The highest BCUT2D eigenvalue weighted by atomic mass is 16.1. The fourth-order valence-corrected chi connectivity index (χ4v) is 1.11. The lowest BCUT2D eigenvalue weighted by atomic mass is 9.88. The van der Waals surface area contributed by atoms with Gasteiger partial charge in [-0.2, -0.15) is 0 Å². The van der Waals surface area contributed by atoms with E-state index < -0.39 is 0 Å². The van der Waals surface area contributed by atoms with Crippen molar-refractivity contribution < 1.29 is 4.79 Å². The molecule has 0 bridgehead atoms. The third-order valence-electron chi connectivity index (χ3n) is 2.25. The van der Waals surface area contributed by atoms with Crippen molar-refractivity contribution in [1.82, 2.24) is 0 Å². The quantitative estimate of drug-likeness (QED) is 0.556. The van der Waals surface area contributed by atoms with Gasteiger partial charge in [-0.15, -0.1) is 6.58 Å². The molecule has 0 rings (SSSR count). The van der Waals surface area contributed by atoms with Crippen molar-refractivity contribution in [2.45, 2.75) is 33.6 Å². The second kappa shape index (κ2) is 5.11. The van der Waals surface area contributed by atoms with Crippen LogP contribution in [0.5, 0.6) is 0 Å². The molecule has 0 saturated heterocycles. The van der Waals surface area contributed by atoms with Crippen LogP contribution in [0.3, 0.4) is 0 Å². The first-order valence-corrected chi connectivity index (χ1v) is 4.27. The molecule has 2 unspecified atom stereocenters. The summed E-state index contributed by atoms with van der Waals surface area (Å²) in [6.07, 6.45) is 3.47. The Morgan fingerprint density at radius 1 is 1.55 bits per heavy atom. The van der Waals surface area contributed by atoms with Gasteiger partial charge in [0, 0.05) is 12.3 Å². The van der Waals surface area contributed by atoms with Gasteiger partial charge in [-0.05, 0) is 12.3 Å². The van der Waals surface area contributed by atoms with E-state index in [0.29, 0.717) is 18.1 Å². The Labute approximate surface area is 69.5 Å². The smallest absolute Gasteiger partial charge is 0.135 e. The van der Waals surface area contributed by atoms with Crippen LogP contribution >= 0.6 is 0 Å². The highest BCUT2D eigenvalue weighted by molar-refractivity contribution is 5.80. The fraction of sp³-hybridized carbons (Fsp3) is 0.700. The second-order valence-corrected chi connectivity index (χ2v) is 3.11. The monoisotopic (exact) mass is 154 g/mol. The van der Waals surface area contributed by atoms with Crippen LogP contribution in [0.25, 0.3) is 0 Å². The molecule has 0 saturated carbocycles. The third-order valence-corrected chi connectivity index (χ3v) is 2.25. The molecular formula is C10H18O. The van der Waals surface area contributed by atoms with Crippen molar-refractivity contribution in [2.75, 3.05) is 0 Å². The SMILES string of the molecule is C=CCC(C)C(C)C(=O)CC. The summed E-state index contributed by atoms with van der Waals surface area (Å²) in [5, 5.41) is 0. The molecule has 0 aliphatic heterocycles. The van der Waals surface area contributed by atoms with Crippen molar-refractivity contribution in [3.8, 4) is 0 Å². The minimum Gasteiger partial charge on any atom is -0.299 e. The number of Topliss-reactive ketones (excluding diaryl/α,β-unsaturated/α-hetero) is 1. The van der Waals surface area contributed by atoms with Crippen molar-refractivity contribution in [2.24, 2.45) is 11.8 Å². The Hall–Kier alpha value is -0.590. The lowest BCUT2D eigenvalue weighted by molar-refractivity contribution is -0.123. The Morgan fingerprint density at radius 2 is 2.09 bits per heavy atom. The van der Waals surface area contributed by atoms with Gasteiger partial charge < -0.3 is 0 Å². The molecule has 11 heavy (non-hydrogen) atoms. The molecule has 2 atom stereocenters. The van der Waals surface area contributed by atoms with Gasteiger partial charge in [0.25, 0.3) is 0 Å². The van der Waals surface area contributed by atoms with Crippen molar-refractivity contribution in [3.63, 3.8) is 0 Å². The maximum Gasteiger partial charge on any atom is 0.135 e. The maximum atomic E-state index is 11.2. The summed E-state index contributed by atoms with van der Waals surface area (Å²) in [4.78, 5) is 11.2. The van der Waals surface area contributed by atoms with E-state index in [9.17, 15) is 4.79 Å². The Kier molecular flexibility index (Phi) is 4.84. The van der Waals surface area contributed by atoms with Gasteiger partial charge >= 0.3 is 0 Å². The van der Waals surface area contributed by atoms with Crippen molar-refractivity contribution >= 4 is 5.78 Å². The van der Waals surface area contributed by atoms with Crippen LogP contribution in [0.15, 0.2) is 12.7 Å². The summed E-state index contributed by atoms with van der Waals surface area (Å²) in [6, 6.07) is 0. The van der Waals surface area contributed by atoms with Gasteiger partial charge in [0.05, 0.1) is 0 Å². The second-order valence-electron chi connectivity index (χ2n) is 3.11. The minimum absolute atomic E-state index is 0.193. The number of carbonyl (C=O) groups excluding carboxylic acids is 1. The molecule has 0 aliphatic rings. The molecule has 1 nitrogen and oxygen atoms in total. The lowest BCUT2D eigenvalue weighted by Gasteiger charge is -2.15. The Balaban J connectivity index is 3.89. The van der Waals surface area contributed by atoms with Gasteiger partial charge in [-0.1, -0.05) is 26.8 Å². The zero-order chi connectivity index (χ0) is 8.85. The van der Waals surface area contributed by atoms with E-state index in [0.717, 1.165) is 6.42 Å². The van der Waals surface area contributed by atoms with Gasteiger partial charge in [0.1, 0.15) is 5.78 Å².